The van der Waals surface area contributed by atoms with Gasteiger partial charge in [-0.15, -0.1) is 5.10 Å². The lowest BCUT2D eigenvalue weighted by Crippen LogP contribution is -2.11. The number of benzene rings is 2. The van der Waals surface area contributed by atoms with Gasteiger partial charge >= 0.3 is 0 Å². The molecule has 21 heavy (non-hydrogen) atoms. The molecule has 0 aliphatic rings. The number of carbonyl (C=O) groups excluding carboxylic acids is 1. The fourth-order valence-corrected chi connectivity index (χ4v) is 2.39. The number of aromatic amines is 1. The second-order valence-electron chi connectivity index (χ2n) is 4.66. The van der Waals surface area contributed by atoms with Crippen molar-refractivity contribution in [2.45, 2.75) is 0 Å². The van der Waals surface area contributed by atoms with Gasteiger partial charge in [0, 0.05) is 5.39 Å². The van der Waals surface area contributed by atoms with Gasteiger partial charge in [-0.25, -0.2) is 4.68 Å². The number of para-hydroxylation sites is 1. The number of rotatable bonds is 2. The molecule has 0 aliphatic carbocycles. The number of primary amides is 1. The van der Waals surface area contributed by atoms with E-state index in [4.69, 9.17) is 5.73 Å². The maximum absolute atomic E-state index is 11.3. The van der Waals surface area contributed by atoms with Crippen LogP contribution in [0.4, 0.5) is 0 Å². The van der Waals surface area contributed by atoms with Crippen LogP contribution >= 0.6 is 0 Å². The first kappa shape index (κ1) is 11.6. The Bertz CT molecular complexity index is 983. The third-order valence-electron chi connectivity index (χ3n) is 3.38. The first-order valence-electron chi connectivity index (χ1n) is 6.33. The molecule has 0 unspecified atom stereocenters. The Labute approximate surface area is 118 Å². The zero-order valence-corrected chi connectivity index (χ0v) is 10.8. The van der Waals surface area contributed by atoms with Crippen molar-refractivity contribution in [3.63, 3.8) is 0 Å². The molecular formula is C14H10N6O. The number of nitrogens with one attached hydrogen (secondary N) is 1. The predicted molar refractivity (Wildman–Crippen MR) is 77.0 cm³/mol. The second kappa shape index (κ2) is 4.14. The predicted octanol–water partition coefficient (Wildman–Crippen LogP) is 1.40. The standard InChI is InChI=1S/C14H10N6O/c15-14(21)13-9-6-5-8(7-11(9)16-18-13)20-12-4-2-1-3-10(12)17-19-20/h1-7H,(H2,15,21)(H,16,18). The van der Waals surface area contributed by atoms with E-state index in [1.54, 1.807) is 10.7 Å². The summed E-state index contributed by atoms with van der Waals surface area (Å²) in [6.07, 6.45) is 0. The van der Waals surface area contributed by atoms with Gasteiger partial charge in [0.2, 0.25) is 0 Å². The summed E-state index contributed by atoms with van der Waals surface area (Å²) in [4.78, 5) is 11.3. The summed E-state index contributed by atoms with van der Waals surface area (Å²) in [6.45, 7) is 0. The lowest BCUT2D eigenvalue weighted by Gasteiger charge is -2.02. The SMILES string of the molecule is NC(=O)c1n[nH]c2cc(-n3nnc4ccccc43)ccc12. The Morgan fingerprint density at radius 3 is 2.90 bits per heavy atom. The zero-order chi connectivity index (χ0) is 14.4. The summed E-state index contributed by atoms with van der Waals surface area (Å²) in [6, 6.07) is 13.2. The van der Waals surface area contributed by atoms with Crippen LogP contribution in [0.3, 0.4) is 0 Å². The normalized spacial score (nSPS) is 11.2. The molecule has 0 bridgehead atoms. The molecular weight excluding hydrogens is 268 g/mol. The van der Waals surface area contributed by atoms with Crippen LogP contribution in [0.2, 0.25) is 0 Å². The zero-order valence-electron chi connectivity index (χ0n) is 10.8. The van der Waals surface area contributed by atoms with E-state index < -0.39 is 5.91 Å². The number of H-pyrrole nitrogens is 1. The molecule has 4 rings (SSSR count). The largest absolute Gasteiger partial charge is 0.364 e. The molecule has 102 valence electrons. The number of hydrogen-bond acceptors (Lipinski definition) is 4. The van der Waals surface area contributed by atoms with Crippen molar-refractivity contribution in [3.8, 4) is 5.69 Å². The van der Waals surface area contributed by atoms with Crippen molar-refractivity contribution in [2.24, 2.45) is 5.73 Å². The van der Waals surface area contributed by atoms with Crippen molar-refractivity contribution < 1.29 is 4.79 Å². The first-order chi connectivity index (χ1) is 10.2. The highest BCUT2D eigenvalue weighted by molar-refractivity contribution is 6.04. The number of fused-ring (bicyclic) bond motifs is 2. The number of carbonyl (C=O) groups is 1. The monoisotopic (exact) mass is 278 g/mol. The fraction of sp³-hybridized carbons (Fsp3) is 0. The molecule has 2 heterocycles. The van der Waals surface area contributed by atoms with Gasteiger partial charge in [0.25, 0.3) is 5.91 Å². The molecule has 1 amide bonds. The highest BCUT2D eigenvalue weighted by Crippen LogP contribution is 2.21. The highest BCUT2D eigenvalue weighted by atomic mass is 16.1. The van der Waals surface area contributed by atoms with Gasteiger partial charge in [-0.05, 0) is 30.3 Å². The molecule has 7 heteroatoms. The molecule has 0 saturated heterocycles. The van der Waals surface area contributed by atoms with Gasteiger partial charge in [-0.3, -0.25) is 9.89 Å². The topological polar surface area (TPSA) is 102 Å². The minimum absolute atomic E-state index is 0.236. The molecule has 0 spiro atoms. The smallest absolute Gasteiger partial charge is 0.269 e. The molecule has 0 saturated carbocycles. The van der Waals surface area contributed by atoms with Crippen LogP contribution in [0.1, 0.15) is 10.5 Å². The molecule has 0 atom stereocenters. The van der Waals surface area contributed by atoms with Crippen molar-refractivity contribution in [3.05, 3.63) is 48.2 Å². The molecule has 0 fully saturated rings. The van der Waals surface area contributed by atoms with E-state index in [2.05, 4.69) is 20.5 Å². The Hall–Kier alpha value is -3.22. The van der Waals surface area contributed by atoms with Crippen molar-refractivity contribution >= 4 is 27.8 Å². The Morgan fingerprint density at radius 1 is 1.19 bits per heavy atom. The van der Waals surface area contributed by atoms with Gasteiger partial charge < -0.3 is 5.73 Å². The van der Waals surface area contributed by atoms with Crippen molar-refractivity contribution in [2.75, 3.05) is 0 Å². The maximum Gasteiger partial charge on any atom is 0.269 e. The van der Waals surface area contributed by atoms with E-state index in [-0.39, 0.29) is 5.69 Å². The van der Waals surface area contributed by atoms with E-state index >= 15 is 0 Å². The van der Waals surface area contributed by atoms with Crippen LogP contribution in [0.15, 0.2) is 42.5 Å². The number of aromatic nitrogens is 5. The lowest BCUT2D eigenvalue weighted by molar-refractivity contribution is 0.0997. The van der Waals surface area contributed by atoms with Gasteiger partial charge in [-0.2, -0.15) is 5.10 Å². The van der Waals surface area contributed by atoms with E-state index in [1.165, 1.54) is 0 Å². The number of hydrogen-bond donors (Lipinski definition) is 2. The second-order valence-corrected chi connectivity index (χ2v) is 4.66. The minimum Gasteiger partial charge on any atom is -0.364 e. The van der Waals surface area contributed by atoms with Crippen LogP contribution in [-0.2, 0) is 0 Å². The molecule has 4 aromatic rings. The third-order valence-corrected chi connectivity index (χ3v) is 3.38. The van der Waals surface area contributed by atoms with Crippen LogP contribution in [0, 0.1) is 0 Å². The molecule has 2 aromatic heterocycles. The molecule has 0 aliphatic heterocycles. The lowest BCUT2D eigenvalue weighted by atomic mass is 10.2. The summed E-state index contributed by atoms with van der Waals surface area (Å²) < 4.78 is 1.74. The Balaban J connectivity index is 1.93. The van der Waals surface area contributed by atoms with Crippen LogP contribution < -0.4 is 5.73 Å². The quantitative estimate of drug-likeness (QED) is 0.578. The van der Waals surface area contributed by atoms with Crippen molar-refractivity contribution in [1.82, 2.24) is 25.2 Å². The van der Waals surface area contributed by atoms with E-state index in [0.717, 1.165) is 22.2 Å². The van der Waals surface area contributed by atoms with E-state index in [9.17, 15) is 4.79 Å². The minimum atomic E-state index is -0.555. The van der Waals surface area contributed by atoms with Gasteiger partial charge in [-0.1, -0.05) is 17.3 Å². The summed E-state index contributed by atoms with van der Waals surface area (Å²) in [5.41, 5.74) is 8.80. The summed E-state index contributed by atoms with van der Waals surface area (Å²) in [5.74, 6) is -0.555. The molecule has 3 N–H and O–H groups in total. The van der Waals surface area contributed by atoms with Crippen molar-refractivity contribution in [1.29, 1.82) is 0 Å². The Morgan fingerprint density at radius 2 is 2.05 bits per heavy atom. The van der Waals surface area contributed by atoms with E-state index in [1.807, 2.05) is 36.4 Å². The summed E-state index contributed by atoms with van der Waals surface area (Å²) >= 11 is 0. The average Bonchev–Trinajstić information content (AvgIpc) is 3.10. The highest BCUT2D eigenvalue weighted by Gasteiger charge is 2.12. The van der Waals surface area contributed by atoms with Crippen LogP contribution in [0.5, 0.6) is 0 Å². The maximum atomic E-state index is 11.3. The third kappa shape index (κ3) is 1.68. The number of nitrogens with two attached hydrogens (primary N) is 1. The van der Waals surface area contributed by atoms with Gasteiger partial charge in [0.15, 0.2) is 5.69 Å². The molecule has 2 aromatic carbocycles. The fourth-order valence-electron chi connectivity index (χ4n) is 2.39. The first-order valence-corrected chi connectivity index (χ1v) is 6.33. The summed E-state index contributed by atoms with van der Waals surface area (Å²) in [5, 5.41) is 15.7. The summed E-state index contributed by atoms with van der Waals surface area (Å²) in [7, 11) is 0. The number of nitrogens with zero attached hydrogens (tertiary/aromatic N) is 4. The van der Waals surface area contributed by atoms with Crippen LogP contribution in [0.25, 0.3) is 27.6 Å². The molecule has 0 radical (unpaired) electrons. The van der Waals surface area contributed by atoms with Crippen LogP contribution in [-0.4, -0.2) is 31.1 Å². The Kier molecular flexibility index (Phi) is 2.28. The van der Waals surface area contributed by atoms with E-state index in [0.29, 0.717) is 5.39 Å². The number of amides is 1. The molecule has 7 nitrogen and oxygen atoms in total. The van der Waals surface area contributed by atoms with Gasteiger partial charge in [0.05, 0.1) is 16.7 Å². The van der Waals surface area contributed by atoms with Gasteiger partial charge in [0.1, 0.15) is 5.52 Å². The average molecular weight is 278 g/mol.